The van der Waals surface area contributed by atoms with E-state index in [0.29, 0.717) is 22.9 Å². The van der Waals surface area contributed by atoms with Gasteiger partial charge in [0.1, 0.15) is 10.8 Å². The van der Waals surface area contributed by atoms with Crippen LogP contribution in [0.4, 0.5) is 5.00 Å². The number of hydrogen-bond donors (Lipinski definition) is 2. The molecular weight excluding hydrogens is 352 g/mol. The number of amides is 2. The predicted molar refractivity (Wildman–Crippen MR) is 98.4 cm³/mol. The van der Waals surface area contributed by atoms with Gasteiger partial charge < -0.3 is 15.2 Å². The Labute approximate surface area is 154 Å². The molecule has 0 aliphatic rings. The van der Waals surface area contributed by atoms with E-state index in [2.05, 4.69) is 20.8 Å². The van der Waals surface area contributed by atoms with Gasteiger partial charge >= 0.3 is 0 Å². The summed E-state index contributed by atoms with van der Waals surface area (Å²) in [5.41, 5.74) is 2.37. The third kappa shape index (κ3) is 3.80. The van der Waals surface area contributed by atoms with Crippen LogP contribution in [-0.4, -0.2) is 22.0 Å². The van der Waals surface area contributed by atoms with Crippen molar-refractivity contribution in [2.75, 3.05) is 5.32 Å². The Morgan fingerprint density at radius 3 is 2.69 bits per heavy atom. The summed E-state index contributed by atoms with van der Waals surface area (Å²) < 4.78 is 4.92. The second kappa shape index (κ2) is 7.49. The van der Waals surface area contributed by atoms with Crippen LogP contribution in [-0.2, 0) is 6.54 Å². The zero-order valence-electron chi connectivity index (χ0n) is 14.6. The summed E-state index contributed by atoms with van der Waals surface area (Å²) in [7, 11) is 0. The Balaban J connectivity index is 1.78. The number of nitrogens with zero attached hydrogens (tertiary/aromatic N) is 2. The van der Waals surface area contributed by atoms with Crippen LogP contribution >= 0.6 is 11.3 Å². The summed E-state index contributed by atoms with van der Waals surface area (Å²) in [6.45, 7) is 5.84. The average molecular weight is 370 g/mol. The van der Waals surface area contributed by atoms with Crippen molar-refractivity contribution in [2.45, 2.75) is 27.3 Å². The van der Waals surface area contributed by atoms with Crippen molar-refractivity contribution in [3.63, 3.8) is 0 Å². The van der Waals surface area contributed by atoms with Gasteiger partial charge in [0.25, 0.3) is 11.8 Å². The molecule has 2 amide bonds. The lowest BCUT2D eigenvalue weighted by atomic mass is 10.1. The predicted octanol–water partition coefficient (Wildman–Crippen LogP) is 3.24. The van der Waals surface area contributed by atoms with E-state index < -0.39 is 5.91 Å². The van der Waals surface area contributed by atoms with E-state index in [-0.39, 0.29) is 11.6 Å². The van der Waals surface area contributed by atoms with Gasteiger partial charge in [0, 0.05) is 29.9 Å². The number of nitrogens with one attached hydrogen (secondary N) is 2. The molecule has 0 saturated carbocycles. The van der Waals surface area contributed by atoms with Crippen LogP contribution in [0.5, 0.6) is 0 Å². The minimum atomic E-state index is -0.413. The quantitative estimate of drug-likeness (QED) is 0.719. The number of anilines is 1. The van der Waals surface area contributed by atoms with Gasteiger partial charge in [-0.2, -0.15) is 0 Å². The molecule has 3 aromatic heterocycles. The Hall–Kier alpha value is -3.00. The standard InChI is InChI=1S/C18H18N4O3S/c1-10-7-14(22-25-10)16(23)21-18-15(11(2)12(3)26-18)17(24)20-9-13-5-4-6-19-8-13/h4-8H,9H2,1-3H3,(H,20,24)(H,21,23). The molecule has 3 heterocycles. The largest absolute Gasteiger partial charge is 0.361 e. The number of thiophene rings is 1. The van der Waals surface area contributed by atoms with Gasteiger partial charge in [0.05, 0.1) is 5.56 Å². The number of aromatic nitrogens is 2. The second-order valence-corrected chi connectivity index (χ2v) is 7.03. The summed E-state index contributed by atoms with van der Waals surface area (Å²) >= 11 is 1.36. The highest BCUT2D eigenvalue weighted by Crippen LogP contribution is 2.32. The van der Waals surface area contributed by atoms with Crippen molar-refractivity contribution in [2.24, 2.45) is 0 Å². The Kier molecular flexibility index (Phi) is 5.13. The van der Waals surface area contributed by atoms with Gasteiger partial charge in [-0.15, -0.1) is 11.3 Å². The maximum absolute atomic E-state index is 12.7. The fraction of sp³-hybridized carbons (Fsp3) is 0.222. The van der Waals surface area contributed by atoms with Crippen LogP contribution in [0.2, 0.25) is 0 Å². The number of carbonyl (C=O) groups excluding carboxylic acids is 2. The van der Waals surface area contributed by atoms with Crippen molar-refractivity contribution in [3.8, 4) is 0 Å². The van der Waals surface area contributed by atoms with Crippen LogP contribution < -0.4 is 10.6 Å². The molecule has 3 rings (SSSR count). The average Bonchev–Trinajstić information content (AvgIpc) is 3.18. The molecule has 26 heavy (non-hydrogen) atoms. The molecule has 0 atom stereocenters. The van der Waals surface area contributed by atoms with Crippen LogP contribution in [0.3, 0.4) is 0 Å². The number of hydrogen-bond acceptors (Lipinski definition) is 6. The molecule has 2 N–H and O–H groups in total. The maximum Gasteiger partial charge on any atom is 0.278 e. The number of aryl methyl sites for hydroxylation is 2. The smallest absolute Gasteiger partial charge is 0.278 e. The third-order valence-electron chi connectivity index (χ3n) is 3.88. The van der Waals surface area contributed by atoms with Crippen LogP contribution in [0.25, 0.3) is 0 Å². The Bertz CT molecular complexity index is 947. The molecule has 0 spiro atoms. The summed E-state index contributed by atoms with van der Waals surface area (Å²) in [5.74, 6) is -0.116. The van der Waals surface area contributed by atoms with Gasteiger partial charge in [0.2, 0.25) is 0 Å². The third-order valence-corrected chi connectivity index (χ3v) is 5.00. The molecule has 7 nitrogen and oxygen atoms in total. The van der Waals surface area contributed by atoms with Gasteiger partial charge in [-0.3, -0.25) is 14.6 Å². The highest BCUT2D eigenvalue weighted by molar-refractivity contribution is 7.16. The second-order valence-electron chi connectivity index (χ2n) is 5.81. The molecule has 134 valence electrons. The van der Waals surface area contributed by atoms with E-state index in [9.17, 15) is 9.59 Å². The van der Waals surface area contributed by atoms with Crippen molar-refractivity contribution in [1.82, 2.24) is 15.5 Å². The first-order valence-corrected chi connectivity index (χ1v) is 8.79. The number of carbonyl (C=O) groups is 2. The van der Waals surface area contributed by atoms with Crippen molar-refractivity contribution >= 4 is 28.2 Å². The topological polar surface area (TPSA) is 97.1 Å². The van der Waals surface area contributed by atoms with Gasteiger partial charge in [-0.25, -0.2) is 0 Å². The summed E-state index contributed by atoms with van der Waals surface area (Å²) in [5, 5.41) is 9.83. The zero-order valence-corrected chi connectivity index (χ0v) is 15.4. The molecule has 3 aromatic rings. The molecule has 0 radical (unpaired) electrons. The lowest BCUT2D eigenvalue weighted by molar-refractivity contribution is 0.0951. The van der Waals surface area contributed by atoms with Crippen molar-refractivity contribution in [1.29, 1.82) is 0 Å². The molecule has 0 saturated heterocycles. The molecule has 0 aliphatic carbocycles. The molecule has 0 aliphatic heterocycles. The van der Waals surface area contributed by atoms with E-state index in [1.54, 1.807) is 25.4 Å². The highest BCUT2D eigenvalue weighted by Gasteiger charge is 2.22. The zero-order chi connectivity index (χ0) is 18.7. The van der Waals surface area contributed by atoms with E-state index in [1.807, 2.05) is 26.0 Å². The molecule has 0 bridgehead atoms. The Morgan fingerprint density at radius 1 is 1.23 bits per heavy atom. The number of pyridine rings is 1. The molecule has 8 heteroatoms. The normalized spacial score (nSPS) is 10.6. The molecule has 0 fully saturated rings. The van der Waals surface area contributed by atoms with E-state index >= 15 is 0 Å². The SMILES string of the molecule is Cc1cc(C(=O)Nc2sc(C)c(C)c2C(=O)NCc2cccnc2)no1. The van der Waals surface area contributed by atoms with E-state index in [0.717, 1.165) is 16.0 Å². The van der Waals surface area contributed by atoms with Crippen LogP contribution in [0.15, 0.2) is 35.1 Å². The van der Waals surface area contributed by atoms with Gasteiger partial charge in [-0.1, -0.05) is 11.2 Å². The monoisotopic (exact) mass is 370 g/mol. The van der Waals surface area contributed by atoms with Crippen LogP contribution in [0, 0.1) is 20.8 Å². The molecule has 0 unspecified atom stereocenters. The first-order chi connectivity index (χ1) is 12.5. The minimum absolute atomic E-state index is 0.174. The van der Waals surface area contributed by atoms with Crippen LogP contribution in [0.1, 0.15) is 42.6 Å². The van der Waals surface area contributed by atoms with E-state index in [4.69, 9.17) is 4.52 Å². The fourth-order valence-corrected chi connectivity index (χ4v) is 3.46. The highest BCUT2D eigenvalue weighted by atomic mass is 32.1. The maximum atomic E-state index is 12.7. The lowest BCUT2D eigenvalue weighted by Gasteiger charge is -2.08. The van der Waals surface area contributed by atoms with Crippen molar-refractivity contribution < 1.29 is 14.1 Å². The summed E-state index contributed by atoms with van der Waals surface area (Å²) in [6, 6.07) is 5.24. The summed E-state index contributed by atoms with van der Waals surface area (Å²) in [6.07, 6.45) is 3.37. The van der Waals surface area contributed by atoms with E-state index in [1.165, 1.54) is 11.3 Å². The minimum Gasteiger partial charge on any atom is -0.361 e. The number of rotatable bonds is 5. The Morgan fingerprint density at radius 2 is 2.04 bits per heavy atom. The molecule has 0 aromatic carbocycles. The van der Waals surface area contributed by atoms with Crippen molar-refractivity contribution in [3.05, 3.63) is 63.6 Å². The first kappa shape index (κ1) is 17.8. The summed E-state index contributed by atoms with van der Waals surface area (Å²) in [4.78, 5) is 30.0. The van der Waals surface area contributed by atoms with Gasteiger partial charge in [-0.05, 0) is 38.0 Å². The van der Waals surface area contributed by atoms with Gasteiger partial charge in [0.15, 0.2) is 5.69 Å². The molecular formula is C18H18N4O3S. The lowest BCUT2D eigenvalue weighted by Crippen LogP contribution is -2.25. The first-order valence-electron chi connectivity index (χ1n) is 7.97. The fourth-order valence-electron chi connectivity index (χ4n) is 2.40.